The Hall–Kier alpha value is -3.65. The second-order valence-corrected chi connectivity index (χ2v) is 8.16. The van der Waals surface area contributed by atoms with Crippen molar-refractivity contribution in [1.29, 1.82) is 0 Å². The standard InChI is InChI=1S/C25H24BrN3O4/c1-17-9-10-21(11-18(17)2)28-24(30)15-32-22-7-3-5-19(12-22)14-27-29-25(31)16-33-23-8-4-6-20(26)13-23/h3-14H,15-16H2,1-2H3,(H,28,30)(H,29,31)/b27-14+. The van der Waals surface area contributed by atoms with E-state index in [0.717, 1.165) is 21.3 Å². The summed E-state index contributed by atoms with van der Waals surface area (Å²) in [5.74, 6) is 0.449. The van der Waals surface area contributed by atoms with E-state index in [-0.39, 0.29) is 25.0 Å². The van der Waals surface area contributed by atoms with Crippen LogP contribution in [0.4, 0.5) is 5.69 Å². The van der Waals surface area contributed by atoms with Gasteiger partial charge in [-0.15, -0.1) is 0 Å². The maximum Gasteiger partial charge on any atom is 0.277 e. The van der Waals surface area contributed by atoms with Gasteiger partial charge in [0.1, 0.15) is 11.5 Å². The van der Waals surface area contributed by atoms with Gasteiger partial charge in [0.25, 0.3) is 11.8 Å². The Balaban J connectivity index is 1.44. The monoisotopic (exact) mass is 509 g/mol. The molecule has 0 heterocycles. The number of aryl methyl sites for hydroxylation is 2. The van der Waals surface area contributed by atoms with E-state index in [1.54, 1.807) is 36.4 Å². The van der Waals surface area contributed by atoms with Gasteiger partial charge in [0.2, 0.25) is 0 Å². The third-order valence-electron chi connectivity index (χ3n) is 4.59. The lowest BCUT2D eigenvalue weighted by Crippen LogP contribution is -2.24. The van der Waals surface area contributed by atoms with Crippen molar-refractivity contribution in [1.82, 2.24) is 5.43 Å². The lowest BCUT2D eigenvalue weighted by atomic mass is 10.1. The number of anilines is 1. The Morgan fingerprint density at radius 3 is 2.30 bits per heavy atom. The molecule has 0 saturated heterocycles. The third kappa shape index (κ3) is 8.08. The van der Waals surface area contributed by atoms with Gasteiger partial charge in [-0.25, -0.2) is 5.43 Å². The second-order valence-electron chi connectivity index (χ2n) is 7.25. The van der Waals surface area contributed by atoms with Crippen LogP contribution in [0.25, 0.3) is 0 Å². The molecule has 0 aliphatic heterocycles. The number of halogens is 1. The molecule has 3 aromatic rings. The summed E-state index contributed by atoms with van der Waals surface area (Å²) in [6.45, 7) is 3.72. The number of amides is 2. The molecule has 0 aromatic heterocycles. The minimum Gasteiger partial charge on any atom is -0.484 e. The molecule has 0 saturated carbocycles. The molecule has 0 radical (unpaired) electrons. The Kier molecular flexibility index (Phi) is 8.60. The summed E-state index contributed by atoms with van der Waals surface area (Å²) in [6.07, 6.45) is 1.49. The van der Waals surface area contributed by atoms with Crippen LogP contribution in [0.15, 0.2) is 76.3 Å². The minimum atomic E-state index is -0.387. The maximum atomic E-state index is 12.2. The summed E-state index contributed by atoms with van der Waals surface area (Å²) >= 11 is 3.34. The van der Waals surface area contributed by atoms with Gasteiger partial charge in [-0.1, -0.05) is 40.2 Å². The van der Waals surface area contributed by atoms with Crippen LogP contribution in [0.5, 0.6) is 11.5 Å². The molecule has 7 nitrogen and oxygen atoms in total. The van der Waals surface area contributed by atoms with Gasteiger partial charge < -0.3 is 14.8 Å². The number of hydrogen-bond acceptors (Lipinski definition) is 5. The first kappa shape index (κ1) is 24.0. The number of rotatable bonds is 9. The van der Waals surface area contributed by atoms with Gasteiger partial charge in [0.15, 0.2) is 13.2 Å². The molecule has 0 unspecified atom stereocenters. The first-order chi connectivity index (χ1) is 15.9. The normalized spacial score (nSPS) is 10.6. The van der Waals surface area contributed by atoms with Gasteiger partial charge >= 0.3 is 0 Å². The van der Waals surface area contributed by atoms with E-state index in [4.69, 9.17) is 9.47 Å². The first-order valence-electron chi connectivity index (χ1n) is 10.2. The average molecular weight is 510 g/mol. The van der Waals surface area contributed by atoms with E-state index in [0.29, 0.717) is 17.1 Å². The molecule has 2 amide bonds. The summed E-state index contributed by atoms with van der Waals surface area (Å²) in [6, 6.07) is 20.0. The van der Waals surface area contributed by atoms with Gasteiger partial charge in [0, 0.05) is 10.2 Å². The predicted octanol–water partition coefficient (Wildman–Crippen LogP) is 4.61. The van der Waals surface area contributed by atoms with Crippen molar-refractivity contribution >= 4 is 39.6 Å². The molecule has 0 spiro atoms. The number of hydrazone groups is 1. The van der Waals surface area contributed by atoms with Crippen molar-refractivity contribution in [3.05, 3.63) is 87.9 Å². The predicted molar refractivity (Wildman–Crippen MR) is 132 cm³/mol. The molecule has 8 heteroatoms. The molecular formula is C25H24BrN3O4. The average Bonchev–Trinajstić information content (AvgIpc) is 2.79. The topological polar surface area (TPSA) is 89.0 Å². The highest BCUT2D eigenvalue weighted by atomic mass is 79.9. The van der Waals surface area contributed by atoms with Crippen LogP contribution < -0.4 is 20.2 Å². The summed E-state index contributed by atoms with van der Waals surface area (Å²) in [5.41, 5.74) is 6.11. The van der Waals surface area contributed by atoms with Crippen molar-refractivity contribution in [2.45, 2.75) is 13.8 Å². The molecule has 0 aliphatic rings. The lowest BCUT2D eigenvalue weighted by Gasteiger charge is -2.09. The number of hydrogen-bond donors (Lipinski definition) is 2. The zero-order chi connectivity index (χ0) is 23.6. The van der Waals surface area contributed by atoms with Gasteiger partial charge in [-0.3, -0.25) is 9.59 Å². The molecule has 0 bridgehead atoms. The third-order valence-corrected chi connectivity index (χ3v) is 5.08. The molecule has 2 N–H and O–H groups in total. The van der Waals surface area contributed by atoms with Gasteiger partial charge in [-0.2, -0.15) is 5.10 Å². The largest absolute Gasteiger partial charge is 0.484 e. The number of nitrogens with one attached hydrogen (secondary N) is 2. The highest BCUT2D eigenvalue weighted by Crippen LogP contribution is 2.18. The van der Waals surface area contributed by atoms with Crippen molar-refractivity contribution < 1.29 is 19.1 Å². The molecule has 33 heavy (non-hydrogen) atoms. The van der Waals surface area contributed by atoms with E-state index < -0.39 is 0 Å². The molecule has 3 aromatic carbocycles. The Morgan fingerprint density at radius 2 is 1.58 bits per heavy atom. The van der Waals surface area contributed by atoms with Crippen LogP contribution in [0, 0.1) is 13.8 Å². The second kappa shape index (κ2) is 11.8. The van der Waals surface area contributed by atoms with Gasteiger partial charge in [-0.05, 0) is 73.0 Å². The molecule has 0 aliphatic carbocycles. The first-order valence-corrected chi connectivity index (χ1v) is 11.0. The highest BCUT2D eigenvalue weighted by Gasteiger charge is 2.06. The van der Waals surface area contributed by atoms with Crippen LogP contribution in [-0.2, 0) is 9.59 Å². The van der Waals surface area contributed by atoms with E-state index in [9.17, 15) is 9.59 Å². The molecule has 0 fully saturated rings. The maximum absolute atomic E-state index is 12.2. The summed E-state index contributed by atoms with van der Waals surface area (Å²) < 4.78 is 11.8. The van der Waals surface area contributed by atoms with Crippen LogP contribution >= 0.6 is 15.9 Å². The Morgan fingerprint density at radius 1 is 0.879 bits per heavy atom. The van der Waals surface area contributed by atoms with Crippen molar-refractivity contribution in [3.8, 4) is 11.5 Å². The molecule has 3 rings (SSSR count). The summed E-state index contributed by atoms with van der Waals surface area (Å²) in [4.78, 5) is 24.1. The van der Waals surface area contributed by atoms with Crippen molar-refractivity contribution in [3.63, 3.8) is 0 Å². The Labute approximate surface area is 200 Å². The minimum absolute atomic E-state index is 0.128. The molecular weight excluding hydrogens is 486 g/mol. The fraction of sp³-hybridized carbons (Fsp3) is 0.160. The Bertz CT molecular complexity index is 1160. The van der Waals surface area contributed by atoms with E-state index in [1.165, 1.54) is 6.21 Å². The fourth-order valence-corrected chi connectivity index (χ4v) is 3.14. The SMILES string of the molecule is Cc1ccc(NC(=O)COc2cccc(/C=N/NC(=O)COc3cccc(Br)c3)c2)cc1C. The fourth-order valence-electron chi connectivity index (χ4n) is 2.77. The zero-order valence-electron chi connectivity index (χ0n) is 18.3. The number of ether oxygens (including phenoxy) is 2. The number of carbonyl (C=O) groups is 2. The van der Waals surface area contributed by atoms with E-state index >= 15 is 0 Å². The zero-order valence-corrected chi connectivity index (χ0v) is 19.9. The lowest BCUT2D eigenvalue weighted by molar-refractivity contribution is -0.123. The van der Waals surface area contributed by atoms with Crippen LogP contribution in [0.2, 0.25) is 0 Å². The van der Waals surface area contributed by atoms with E-state index in [2.05, 4.69) is 31.8 Å². The molecule has 0 atom stereocenters. The van der Waals surface area contributed by atoms with Crippen molar-refractivity contribution in [2.24, 2.45) is 5.10 Å². The highest BCUT2D eigenvalue weighted by molar-refractivity contribution is 9.10. The van der Waals surface area contributed by atoms with E-state index in [1.807, 2.05) is 44.2 Å². The van der Waals surface area contributed by atoms with Crippen molar-refractivity contribution in [2.75, 3.05) is 18.5 Å². The van der Waals surface area contributed by atoms with Crippen LogP contribution in [0.1, 0.15) is 16.7 Å². The smallest absolute Gasteiger partial charge is 0.277 e. The molecule has 170 valence electrons. The van der Waals surface area contributed by atoms with Gasteiger partial charge in [0.05, 0.1) is 6.21 Å². The van der Waals surface area contributed by atoms with Crippen LogP contribution in [0.3, 0.4) is 0 Å². The number of nitrogens with zero attached hydrogens (tertiary/aromatic N) is 1. The number of benzene rings is 3. The van der Waals surface area contributed by atoms with Crippen LogP contribution in [-0.4, -0.2) is 31.2 Å². The summed E-state index contributed by atoms with van der Waals surface area (Å²) in [7, 11) is 0. The quantitative estimate of drug-likeness (QED) is 0.325. The number of carbonyl (C=O) groups excluding carboxylic acids is 2. The summed E-state index contributed by atoms with van der Waals surface area (Å²) in [5, 5.41) is 6.75.